The summed E-state index contributed by atoms with van der Waals surface area (Å²) < 4.78 is 26.7. The summed E-state index contributed by atoms with van der Waals surface area (Å²) in [7, 11) is -3.83. The number of sulfonamides is 1. The number of carbonyl (C=O) groups is 1. The third-order valence-electron chi connectivity index (χ3n) is 3.09. The smallest absolute Gasteiger partial charge is 0.322 e. The van der Waals surface area contributed by atoms with Crippen LogP contribution in [0.1, 0.15) is 33.3 Å². The minimum absolute atomic E-state index is 0.0851. The van der Waals surface area contributed by atoms with Gasteiger partial charge >= 0.3 is 5.97 Å². The second kappa shape index (κ2) is 7.04. The van der Waals surface area contributed by atoms with Gasteiger partial charge in [-0.25, -0.2) is 8.42 Å². The standard InChI is InChI=1S/C15H23NO4S/c1-10(2)9-12-5-7-13(8-6-12)21(19,20)16-14(11(3)4)15(17)18/h5-8,10-11,14,16H,9H2,1-4H3,(H,17,18)/t14-/m1/s1. The predicted octanol–water partition coefficient (Wildman–Crippen LogP) is 2.27. The van der Waals surface area contributed by atoms with Gasteiger partial charge in [0.25, 0.3) is 0 Å². The van der Waals surface area contributed by atoms with Crippen molar-refractivity contribution >= 4 is 16.0 Å². The van der Waals surface area contributed by atoms with E-state index in [-0.39, 0.29) is 10.8 Å². The zero-order chi connectivity index (χ0) is 16.2. The fourth-order valence-electron chi connectivity index (χ4n) is 1.98. The van der Waals surface area contributed by atoms with Crippen LogP contribution in [-0.2, 0) is 21.2 Å². The second-order valence-electron chi connectivity index (χ2n) is 5.92. The van der Waals surface area contributed by atoms with Crippen LogP contribution in [0.2, 0.25) is 0 Å². The van der Waals surface area contributed by atoms with Crippen molar-refractivity contribution < 1.29 is 18.3 Å². The van der Waals surface area contributed by atoms with Crippen LogP contribution in [-0.4, -0.2) is 25.5 Å². The molecule has 0 heterocycles. The zero-order valence-corrected chi connectivity index (χ0v) is 13.6. The second-order valence-corrected chi connectivity index (χ2v) is 7.64. The normalized spacial score (nSPS) is 13.6. The number of carboxylic acid groups (broad SMARTS) is 1. The van der Waals surface area contributed by atoms with E-state index >= 15 is 0 Å². The molecule has 0 aliphatic heterocycles. The fraction of sp³-hybridized carbons (Fsp3) is 0.533. The first-order chi connectivity index (χ1) is 9.63. The summed E-state index contributed by atoms with van der Waals surface area (Å²) in [6, 6.07) is 5.42. The lowest BCUT2D eigenvalue weighted by atomic mass is 10.0. The van der Waals surface area contributed by atoms with Gasteiger partial charge in [0.05, 0.1) is 4.90 Å². The largest absolute Gasteiger partial charge is 0.480 e. The fourth-order valence-corrected chi connectivity index (χ4v) is 3.32. The molecule has 0 spiro atoms. The highest BCUT2D eigenvalue weighted by Gasteiger charge is 2.27. The maximum absolute atomic E-state index is 12.2. The molecule has 1 atom stereocenters. The highest BCUT2D eigenvalue weighted by atomic mass is 32.2. The molecule has 5 nitrogen and oxygen atoms in total. The van der Waals surface area contributed by atoms with Crippen LogP contribution in [0.25, 0.3) is 0 Å². The molecule has 1 aromatic carbocycles. The maximum Gasteiger partial charge on any atom is 0.322 e. The first kappa shape index (κ1) is 17.7. The Bertz CT molecular complexity index is 576. The number of carboxylic acids is 1. The van der Waals surface area contributed by atoms with Crippen molar-refractivity contribution in [3.8, 4) is 0 Å². The van der Waals surface area contributed by atoms with E-state index in [0.29, 0.717) is 5.92 Å². The summed E-state index contributed by atoms with van der Waals surface area (Å²) in [6.07, 6.45) is 0.873. The monoisotopic (exact) mass is 313 g/mol. The van der Waals surface area contributed by atoms with E-state index in [9.17, 15) is 13.2 Å². The molecule has 0 saturated heterocycles. The molecule has 0 saturated carbocycles. The van der Waals surface area contributed by atoms with E-state index in [1.807, 2.05) is 0 Å². The molecule has 1 aromatic rings. The Hall–Kier alpha value is -1.40. The molecule has 6 heteroatoms. The lowest BCUT2D eigenvalue weighted by Crippen LogP contribution is -2.44. The minimum Gasteiger partial charge on any atom is -0.480 e. The van der Waals surface area contributed by atoms with Gasteiger partial charge in [-0.1, -0.05) is 39.8 Å². The molecule has 0 aliphatic rings. The van der Waals surface area contributed by atoms with Gasteiger partial charge in [0.15, 0.2) is 0 Å². The quantitative estimate of drug-likeness (QED) is 0.809. The van der Waals surface area contributed by atoms with Crippen LogP contribution in [0.3, 0.4) is 0 Å². The predicted molar refractivity (Wildman–Crippen MR) is 81.6 cm³/mol. The van der Waals surface area contributed by atoms with E-state index in [4.69, 9.17) is 5.11 Å². The SMILES string of the molecule is CC(C)Cc1ccc(S(=O)(=O)N[C@@H](C(=O)O)C(C)C)cc1. The van der Waals surface area contributed by atoms with Crippen molar-refractivity contribution in [2.45, 2.75) is 45.1 Å². The molecule has 0 aliphatic carbocycles. The van der Waals surface area contributed by atoms with Gasteiger partial charge in [0.2, 0.25) is 10.0 Å². The van der Waals surface area contributed by atoms with E-state index in [0.717, 1.165) is 12.0 Å². The molecule has 21 heavy (non-hydrogen) atoms. The molecule has 0 bridgehead atoms. The first-order valence-electron chi connectivity index (χ1n) is 6.97. The first-order valence-corrected chi connectivity index (χ1v) is 8.46. The topological polar surface area (TPSA) is 83.5 Å². The molecular formula is C15H23NO4S. The van der Waals surface area contributed by atoms with Crippen LogP contribution >= 0.6 is 0 Å². The zero-order valence-electron chi connectivity index (χ0n) is 12.8. The van der Waals surface area contributed by atoms with Crippen LogP contribution < -0.4 is 4.72 Å². The van der Waals surface area contributed by atoms with E-state index < -0.39 is 22.0 Å². The summed E-state index contributed by atoms with van der Waals surface area (Å²) >= 11 is 0. The maximum atomic E-state index is 12.2. The lowest BCUT2D eigenvalue weighted by Gasteiger charge is -2.18. The summed E-state index contributed by atoms with van der Waals surface area (Å²) in [4.78, 5) is 11.2. The molecule has 0 unspecified atom stereocenters. The van der Waals surface area contributed by atoms with E-state index in [1.165, 1.54) is 12.1 Å². The summed E-state index contributed by atoms with van der Waals surface area (Å²) in [5, 5.41) is 9.07. The average molecular weight is 313 g/mol. The molecule has 2 N–H and O–H groups in total. The van der Waals surface area contributed by atoms with Gasteiger partial charge < -0.3 is 5.11 Å². The molecule has 0 fully saturated rings. The third kappa shape index (κ3) is 5.13. The number of aliphatic carboxylic acids is 1. The number of benzene rings is 1. The van der Waals surface area contributed by atoms with Gasteiger partial charge in [-0.05, 0) is 36.0 Å². The van der Waals surface area contributed by atoms with Crippen molar-refractivity contribution in [1.82, 2.24) is 4.72 Å². The summed E-state index contributed by atoms with van der Waals surface area (Å²) in [5.41, 5.74) is 1.06. The van der Waals surface area contributed by atoms with Crippen molar-refractivity contribution in [2.75, 3.05) is 0 Å². The Kier molecular flexibility index (Phi) is 5.92. The van der Waals surface area contributed by atoms with Crippen LogP contribution in [0.5, 0.6) is 0 Å². The van der Waals surface area contributed by atoms with Gasteiger partial charge in [-0.2, -0.15) is 4.72 Å². The molecule has 0 aromatic heterocycles. The number of hydrogen-bond acceptors (Lipinski definition) is 3. The van der Waals surface area contributed by atoms with Gasteiger partial charge in [-0.3, -0.25) is 4.79 Å². The van der Waals surface area contributed by atoms with Crippen LogP contribution in [0, 0.1) is 11.8 Å². The lowest BCUT2D eigenvalue weighted by molar-refractivity contribution is -0.140. The highest BCUT2D eigenvalue weighted by molar-refractivity contribution is 7.89. The Morgan fingerprint density at radius 1 is 1.14 bits per heavy atom. The van der Waals surface area contributed by atoms with E-state index in [2.05, 4.69) is 18.6 Å². The number of nitrogens with one attached hydrogen (secondary N) is 1. The number of rotatable bonds is 7. The number of hydrogen-bond donors (Lipinski definition) is 2. The van der Waals surface area contributed by atoms with Crippen LogP contribution in [0.15, 0.2) is 29.2 Å². The minimum atomic E-state index is -3.83. The Labute approximate surface area is 126 Å². The van der Waals surface area contributed by atoms with Crippen molar-refractivity contribution in [3.63, 3.8) is 0 Å². The molecule has 1 rings (SSSR count). The Morgan fingerprint density at radius 2 is 1.67 bits per heavy atom. The van der Waals surface area contributed by atoms with Crippen molar-refractivity contribution in [3.05, 3.63) is 29.8 Å². The molecule has 118 valence electrons. The molecular weight excluding hydrogens is 290 g/mol. The van der Waals surface area contributed by atoms with Crippen molar-refractivity contribution in [1.29, 1.82) is 0 Å². The molecule has 0 radical (unpaired) electrons. The van der Waals surface area contributed by atoms with Crippen molar-refractivity contribution in [2.24, 2.45) is 11.8 Å². The van der Waals surface area contributed by atoms with Gasteiger partial charge in [0.1, 0.15) is 6.04 Å². The van der Waals surface area contributed by atoms with Crippen LogP contribution in [0.4, 0.5) is 0 Å². The Balaban J connectivity index is 2.95. The summed E-state index contributed by atoms with van der Waals surface area (Å²) in [5.74, 6) is -1.02. The van der Waals surface area contributed by atoms with E-state index in [1.54, 1.807) is 26.0 Å². The molecule has 0 amide bonds. The average Bonchev–Trinajstić information content (AvgIpc) is 2.35. The van der Waals surface area contributed by atoms with Gasteiger partial charge in [0, 0.05) is 0 Å². The highest BCUT2D eigenvalue weighted by Crippen LogP contribution is 2.15. The van der Waals surface area contributed by atoms with Gasteiger partial charge in [-0.15, -0.1) is 0 Å². The Morgan fingerprint density at radius 3 is 2.05 bits per heavy atom. The summed E-state index contributed by atoms with van der Waals surface area (Å²) in [6.45, 7) is 7.50. The third-order valence-corrected chi connectivity index (χ3v) is 4.55.